The lowest BCUT2D eigenvalue weighted by Crippen LogP contribution is -2.43. The van der Waals surface area contributed by atoms with Gasteiger partial charge in [0.2, 0.25) is 5.91 Å². The van der Waals surface area contributed by atoms with Crippen LogP contribution in [-0.2, 0) is 4.79 Å². The van der Waals surface area contributed by atoms with E-state index >= 15 is 0 Å². The van der Waals surface area contributed by atoms with Gasteiger partial charge < -0.3 is 11.1 Å². The highest BCUT2D eigenvalue weighted by atomic mass is 32.1. The molecule has 0 radical (unpaired) electrons. The fraction of sp³-hybridized carbons (Fsp3) is 0.214. The second-order valence-corrected chi connectivity index (χ2v) is 5.61. The van der Waals surface area contributed by atoms with Crippen LogP contribution < -0.4 is 16.4 Å². The van der Waals surface area contributed by atoms with E-state index in [2.05, 4.69) is 10.3 Å². The van der Waals surface area contributed by atoms with Crippen LogP contribution in [0.2, 0.25) is 0 Å². The summed E-state index contributed by atoms with van der Waals surface area (Å²) in [5.74, 6) is -0.471. The summed E-state index contributed by atoms with van der Waals surface area (Å²) in [5, 5.41) is 8.04. The molecule has 7 heteroatoms. The SMILES string of the molecule is Cc1nc(-c2ccc(N[C@H](C)C(=O)NC(N)=O)cc2)cs1. The van der Waals surface area contributed by atoms with Gasteiger partial charge in [0, 0.05) is 16.6 Å². The topological polar surface area (TPSA) is 97.1 Å². The third kappa shape index (κ3) is 4.03. The zero-order valence-electron chi connectivity index (χ0n) is 11.7. The highest BCUT2D eigenvalue weighted by Crippen LogP contribution is 2.23. The van der Waals surface area contributed by atoms with Crippen LogP contribution in [0.3, 0.4) is 0 Å². The predicted octanol–water partition coefficient (Wildman–Crippen LogP) is 2.11. The molecule has 2 rings (SSSR count). The molecule has 21 heavy (non-hydrogen) atoms. The van der Waals surface area contributed by atoms with E-state index in [1.807, 2.05) is 41.9 Å². The van der Waals surface area contributed by atoms with E-state index in [0.717, 1.165) is 22.0 Å². The molecule has 0 unspecified atom stereocenters. The van der Waals surface area contributed by atoms with E-state index in [0.29, 0.717) is 0 Å². The summed E-state index contributed by atoms with van der Waals surface area (Å²) < 4.78 is 0. The van der Waals surface area contributed by atoms with Gasteiger partial charge in [-0.2, -0.15) is 0 Å². The Morgan fingerprint density at radius 1 is 1.29 bits per heavy atom. The number of carbonyl (C=O) groups excluding carboxylic acids is 2. The zero-order valence-corrected chi connectivity index (χ0v) is 12.5. The summed E-state index contributed by atoms with van der Waals surface area (Å²) in [4.78, 5) is 26.6. The maximum atomic E-state index is 11.6. The van der Waals surface area contributed by atoms with Crippen molar-refractivity contribution in [3.63, 3.8) is 0 Å². The minimum absolute atomic E-state index is 0.471. The summed E-state index contributed by atoms with van der Waals surface area (Å²) in [7, 11) is 0. The van der Waals surface area contributed by atoms with Gasteiger partial charge in [-0.15, -0.1) is 11.3 Å². The van der Waals surface area contributed by atoms with Crippen molar-refractivity contribution >= 4 is 29.0 Å². The average Bonchev–Trinajstić information content (AvgIpc) is 2.85. The Balaban J connectivity index is 2.02. The Bertz CT molecular complexity index is 651. The van der Waals surface area contributed by atoms with Gasteiger partial charge in [0.1, 0.15) is 6.04 Å². The van der Waals surface area contributed by atoms with Crippen molar-refractivity contribution in [3.8, 4) is 11.3 Å². The number of thiazole rings is 1. The number of carbonyl (C=O) groups is 2. The Labute approximate surface area is 126 Å². The van der Waals surface area contributed by atoms with Gasteiger partial charge in [-0.1, -0.05) is 12.1 Å². The summed E-state index contributed by atoms with van der Waals surface area (Å²) >= 11 is 1.60. The van der Waals surface area contributed by atoms with Gasteiger partial charge in [0.25, 0.3) is 0 Å². The molecule has 0 aliphatic heterocycles. The monoisotopic (exact) mass is 304 g/mol. The smallest absolute Gasteiger partial charge is 0.318 e. The highest BCUT2D eigenvalue weighted by molar-refractivity contribution is 7.09. The van der Waals surface area contributed by atoms with E-state index in [1.165, 1.54) is 0 Å². The van der Waals surface area contributed by atoms with E-state index in [4.69, 9.17) is 5.73 Å². The Hall–Kier alpha value is -2.41. The van der Waals surface area contributed by atoms with Crippen LogP contribution in [0.1, 0.15) is 11.9 Å². The molecule has 3 amide bonds. The molecular weight excluding hydrogens is 288 g/mol. The van der Waals surface area contributed by atoms with Crippen molar-refractivity contribution in [1.29, 1.82) is 0 Å². The molecule has 1 aromatic carbocycles. The molecule has 6 nitrogen and oxygen atoms in total. The Morgan fingerprint density at radius 3 is 2.48 bits per heavy atom. The number of rotatable bonds is 4. The number of aromatic nitrogens is 1. The average molecular weight is 304 g/mol. The number of imide groups is 1. The van der Waals surface area contributed by atoms with Gasteiger partial charge in [-0.05, 0) is 26.0 Å². The van der Waals surface area contributed by atoms with Crippen molar-refractivity contribution in [2.45, 2.75) is 19.9 Å². The van der Waals surface area contributed by atoms with Gasteiger partial charge >= 0.3 is 6.03 Å². The molecule has 0 saturated heterocycles. The standard InChI is InChI=1S/C14H16N4O2S/c1-8(13(19)18-14(15)20)16-11-5-3-10(4-6-11)12-7-21-9(2)17-12/h3-8,16H,1-2H3,(H3,15,18,19,20)/t8-/m1/s1. The molecule has 2 aromatic rings. The Morgan fingerprint density at radius 2 is 1.95 bits per heavy atom. The first-order valence-corrected chi connectivity index (χ1v) is 7.23. The molecule has 0 aliphatic rings. The molecular formula is C14H16N4O2S. The lowest BCUT2D eigenvalue weighted by molar-refractivity contribution is -0.120. The zero-order chi connectivity index (χ0) is 15.4. The van der Waals surface area contributed by atoms with Gasteiger partial charge in [-0.25, -0.2) is 9.78 Å². The predicted molar refractivity (Wildman–Crippen MR) is 83.1 cm³/mol. The van der Waals surface area contributed by atoms with Crippen LogP contribution in [0.5, 0.6) is 0 Å². The van der Waals surface area contributed by atoms with Gasteiger partial charge in [0.05, 0.1) is 10.7 Å². The number of amides is 3. The number of aryl methyl sites for hydroxylation is 1. The summed E-state index contributed by atoms with van der Waals surface area (Å²) in [6, 6.07) is 6.15. The normalized spacial score (nSPS) is 11.7. The number of hydrogen-bond donors (Lipinski definition) is 3. The van der Waals surface area contributed by atoms with Crippen molar-refractivity contribution in [3.05, 3.63) is 34.7 Å². The molecule has 0 bridgehead atoms. The number of benzene rings is 1. The number of nitrogens with zero attached hydrogens (tertiary/aromatic N) is 1. The van der Waals surface area contributed by atoms with Crippen LogP contribution in [0.25, 0.3) is 11.3 Å². The second-order valence-electron chi connectivity index (χ2n) is 4.55. The first-order valence-electron chi connectivity index (χ1n) is 6.35. The third-order valence-electron chi connectivity index (χ3n) is 2.82. The first-order chi connectivity index (χ1) is 9.95. The molecule has 0 fully saturated rings. The summed E-state index contributed by atoms with van der Waals surface area (Å²) in [6.45, 7) is 3.61. The third-order valence-corrected chi connectivity index (χ3v) is 3.60. The molecule has 110 valence electrons. The molecule has 4 N–H and O–H groups in total. The second kappa shape index (κ2) is 6.36. The number of nitrogens with one attached hydrogen (secondary N) is 2. The maximum Gasteiger partial charge on any atom is 0.318 e. The van der Waals surface area contributed by atoms with Crippen LogP contribution in [0, 0.1) is 6.92 Å². The van der Waals surface area contributed by atoms with E-state index < -0.39 is 18.0 Å². The van der Waals surface area contributed by atoms with E-state index in [-0.39, 0.29) is 0 Å². The van der Waals surface area contributed by atoms with Crippen molar-refractivity contribution in [1.82, 2.24) is 10.3 Å². The highest BCUT2D eigenvalue weighted by Gasteiger charge is 2.14. The number of urea groups is 1. The molecule has 0 aliphatic carbocycles. The number of nitrogens with two attached hydrogens (primary N) is 1. The molecule has 0 spiro atoms. The van der Waals surface area contributed by atoms with Crippen LogP contribution >= 0.6 is 11.3 Å². The minimum atomic E-state index is -0.858. The van der Waals surface area contributed by atoms with E-state index in [9.17, 15) is 9.59 Å². The fourth-order valence-corrected chi connectivity index (χ4v) is 2.40. The molecule has 1 atom stereocenters. The molecule has 1 heterocycles. The fourth-order valence-electron chi connectivity index (χ4n) is 1.78. The van der Waals surface area contributed by atoms with Gasteiger partial charge in [-0.3, -0.25) is 10.1 Å². The first kappa shape index (κ1) is 15.0. The molecule has 0 saturated carbocycles. The number of hydrogen-bond acceptors (Lipinski definition) is 5. The lowest BCUT2D eigenvalue weighted by atomic mass is 10.1. The van der Waals surface area contributed by atoms with Crippen molar-refractivity contribution in [2.24, 2.45) is 5.73 Å². The van der Waals surface area contributed by atoms with Gasteiger partial charge in [0.15, 0.2) is 0 Å². The molecule has 1 aromatic heterocycles. The van der Waals surface area contributed by atoms with Crippen LogP contribution in [0.4, 0.5) is 10.5 Å². The quantitative estimate of drug-likeness (QED) is 0.806. The van der Waals surface area contributed by atoms with Crippen molar-refractivity contribution in [2.75, 3.05) is 5.32 Å². The Kier molecular flexibility index (Phi) is 4.54. The largest absolute Gasteiger partial charge is 0.374 e. The van der Waals surface area contributed by atoms with Crippen molar-refractivity contribution < 1.29 is 9.59 Å². The minimum Gasteiger partial charge on any atom is -0.374 e. The number of anilines is 1. The van der Waals surface area contributed by atoms with Crippen LogP contribution in [0.15, 0.2) is 29.6 Å². The summed E-state index contributed by atoms with van der Waals surface area (Å²) in [6.07, 6.45) is 0. The van der Waals surface area contributed by atoms with E-state index in [1.54, 1.807) is 18.3 Å². The van der Waals surface area contributed by atoms with Crippen LogP contribution in [-0.4, -0.2) is 23.0 Å². The summed E-state index contributed by atoms with van der Waals surface area (Å²) in [5.41, 5.74) is 7.63. The lowest BCUT2D eigenvalue weighted by Gasteiger charge is -2.14. The maximum absolute atomic E-state index is 11.6. The number of primary amides is 1.